The first-order valence-corrected chi connectivity index (χ1v) is 5.83. The highest BCUT2D eigenvalue weighted by atomic mass is 19.1. The second kappa shape index (κ2) is 3.96. The Hall–Kier alpha value is -1.68. The van der Waals surface area contributed by atoms with Gasteiger partial charge in [0, 0.05) is 17.5 Å². The van der Waals surface area contributed by atoms with Gasteiger partial charge in [-0.1, -0.05) is 0 Å². The summed E-state index contributed by atoms with van der Waals surface area (Å²) in [6.07, 6.45) is 4.95. The third kappa shape index (κ3) is 1.74. The van der Waals surface area contributed by atoms with Gasteiger partial charge in [-0.25, -0.2) is 9.37 Å². The van der Waals surface area contributed by atoms with Gasteiger partial charge in [0.25, 0.3) is 0 Å². The van der Waals surface area contributed by atoms with Crippen molar-refractivity contribution in [1.82, 2.24) is 9.55 Å². The Kier molecular flexibility index (Phi) is 2.44. The van der Waals surface area contributed by atoms with Gasteiger partial charge in [-0.15, -0.1) is 0 Å². The van der Waals surface area contributed by atoms with Gasteiger partial charge in [-0.3, -0.25) is 0 Å². The van der Waals surface area contributed by atoms with Crippen LogP contribution in [0.3, 0.4) is 0 Å². The van der Waals surface area contributed by atoms with Gasteiger partial charge in [0.15, 0.2) is 0 Å². The van der Waals surface area contributed by atoms with E-state index in [1.807, 2.05) is 6.20 Å². The maximum Gasteiger partial charge on any atom is 0.141 e. The molecule has 0 saturated heterocycles. The van der Waals surface area contributed by atoms with Crippen LogP contribution < -0.4 is 5.73 Å². The van der Waals surface area contributed by atoms with Crippen molar-refractivity contribution >= 4 is 0 Å². The summed E-state index contributed by atoms with van der Waals surface area (Å²) < 4.78 is 15.0. The van der Waals surface area contributed by atoms with Gasteiger partial charge in [-0.05, 0) is 43.5 Å². The van der Waals surface area contributed by atoms with Crippen LogP contribution in [0.5, 0.6) is 0 Å². The first-order chi connectivity index (χ1) is 8.25. The summed E-state index contributed by atoms with van der Waals surface area (Å²) in [7, 11) is 0. The van der Waals surface area contributed by atoms with E-state index in [1.165, 1.54) is 17.8 Å². The van der Waals surface area contributed by atoms with Crippen LogP contribution in [0.1, 0.15) is 24.7 Å². The molecule has 1 aliphatic heterocycles. The van der Waals surface area contributed by atoms with E-state index in [0.717, 1.165) is 30.7 Å². The number of aromatic nitrogens is 2. The number of benzene rings is 1. The van der Waals surface area contributed by atoms with Gasteiger partial charge in [-0.2, -0.15) is 0 Å². The third-order valence-electron chi connectivity index (χ3n) is 3.24. The predicted molar refractivity (Wildman–Crippen MR) is 63.8 cm³/mol. The van der Waals surface area contributed by atoms with Crippen LogP contribution in [0.25, 0.3) is 11.4 Å². The summed E-state index contributed by atoms with van der Waals surface area (Å²) >= 11 is 0. The summed E-state index contributed by atoms with van der Waals surface area (Å²) in [6.45, 7) is 0. The molecule has 1 aromatic heterocycles. The average Bonchev–Trinajstić information content (AvgIpc) is 2.75. The minimum atomic E-state index is -0.233. The number of nitrogens with two attached hydrogens (primary N) is 1. The van der Waals surface area contributed by atoms with E-state index in [-0.39, 0.29) is 12.0 Å². The minimum Gasteiger partial charge on any atom is -0.312 e. The zero-order valence-electron chi connectivity index (χ0n) is 9.44. The van der Waals surface area contributed by atoms with Crippen LogP contribution in [-0.2, 0) is 6.42 Å². The summed E-state index contributed by atoms with van der Waals surface area (Å²) in [5.74, 6) is 0.607. The summed E-state index contributed by atoms with van der Waals surface area (Å²) in [5.41, 5.74) is 8.19. The Morgan fingerprint density at radius 3 is 2.82 bits per heavy atom. The van der Waals surface area contributed by atoms with Crippen molar-refractivity contribution in [2.45, 2.75) is 25.4 Å². The lowest BCUT2D eigenvalue weighted by Gasteiger charge is -2.23. The monoisotopic (exact) mass is 231 g/mol. The largest absolute Gasteiger partial charge is 0.312 e. The van der Waals surface area contributed by atoms with E-state index in [0.29, 0.717) is 0 Å². The van der Waals surface area contributed by atoms with Crippen molar-refractivity contribution in [1.29, 1.82) is 0 Å². The number of nitrogens with zero attached hydrogens (tertiary/aromatic N) is 2. The second-order valence-corrected chi connectivity index (χ2v) is 4.41. The molecule has 88 valence electrons. The molecule has 2 aromatic rings. The van der Waals surface area contributed by atoms with Crippen LogP contribution >= 0.6 is 0 Å². The standard InChI is InChI=1S/C13H14FN3/c14-10-6-4-9(5-7-10)13-16-8-11-2-1-3-12(15)17(11)13/h4-8,12H,1-3,15H2. The minimum absolute atomic E-state index is 0.0127. The molecule has 0 fully saturated rings. The highest BCUT2D eigenvalue weighted by molar-refractivity contribution is 5.56. The van der Waals surface area contributed by atoms with Crippen LogP contribution in [0.4, 0.5) is 4.39 Å². The van der Waals surface area contributed by atoms with Crippen molar-refractivity contribution < 1.29 is 4.39 Å². The quantitative estimate of drug-likeness (QED) is 0.819. The molecule has 4 heteroatoms. The number of aryl methyl sites for hydroxylation is 1. The lowest BCUT2D eigenvalue weighted by atomic mass is 10.1. The zero-order valence-corrected chi connectivity index (χ0v) is 9.44. The van der Waals surface area contributed by atoms with Gasteiger partial charge in [0.2, 0.25) is 0 Å². The zero-order chi connectivity index (χ0) is 11.8. The Labute approximate surface area is 99.1 Å². The van der Waals surface area contributed by atoms with Crippen LogP contribution in [0.2, 0.25) is 0 Å². The Balaban J connectivity index is 2.09. The van der Waals surface area contributed by atoms with Gasteiger partial charge in [0.05, 0.1) is 6.17 Å². The number of fused-ring (bicyclic) bond motifs is 1. The van der Waals surface area contributed by atoms with E-state index >= 15 is 0 Å². The molecule has 1 aromatic carbocycles. The van der Waals surface area contributed by atoms with Crippen molar-refractivity contribution in [3.8, 4) is 11.4 Å². The molecule has 1 atom stereocenters. The Morgan fingerprint density at radius 2 is 2.06 bits per heavy atom. The van der Waals surface area contributed by atoms with E-state index < -0.39 is 0 Å². The predicted octanol–water partition coefficient (Wildman–Crippen LogP) is 2.48. The molecule has 3 nitrogen and oxygen atoms in total. The maximum atomic E-state index is 12.9. The van der Waals surface area contributed by atoms with Crippen LogP contribution in [0, 0.1) is 5.82 Å². The van der Waals surface area contributed by atoms with E-state index in [4.69, 9.17) is 5.73 Å². The highest BCUT2D eigenvalue weighted by Gasteiger charge is 2.20. The normalized spacial score (nSPS) is 19.1. The fourth-order valence-corrected chi connectivity index (χ4v) is 2.39. The van der Waals surface area contributed by atoms with Gasteiger partial charge >= 0.3 is 0 Å². The number of hydrogen-bond acceptors (Lipinski definition) is 2. The van der Waals surface area contributed by atoms with Crippen molar-refractivity contribution in [3.63, 3.8) is 0 Å². The van der Waals surface area contributed by atoms with E-state index in [2.05, 4.69) is 9.55 Å². The van der Waals surface area contributed by atoms with Crippen LogP contribution in [-0.4, -0.2) is 9.55 Å². The molecule has 0 spiro atoms. The van der Waals surface area contributed by atoms with E-state index in [1.54, 1.807) is 12.1 Å². The first kappa shape index (κ1) is 10.5. The lowest BCUT2D eigenvalue weighted by Crippen LogP contribution is -2.25. The van der Waals surface area contributed by atoms with Crippen molar-refractivity contribution in [2.75, 3.05) is 0 Å². The molecule has 1 unspecified atom stereocenters. The Morgan fingerprint density at radius 1 is 1.29 bits per heavy atom. The molecule has 1 aliphatic rings. The highest BCUT2D eigenvalue weighted by Crippen LogP contribution is 2.28. The lowest BCUT2D eigenvalue weighted by molar-refractivity contribution is 0.418. The fraction of sp³-hybridized carbons (Fsp3) is 0.308. The third-order valence-corrected chi connectivity index (χ3v) is 3.24. The first-order valence-electron chi connectivity index (χ1n) is 5.83. The number of hydrogen-bond donors (Lipinski definition) is 1. The SMILES string of the molecule is NC1CCCc2cnc(-c3ccc(F)cc3)n21. The molecule has 0 saturated carbocycles. The molecular formula is C13H14FN3. The fourth-order valence-electron chi connectivity index (χ4n) is 2.39. The number of halogens is 1. The number of imidazole rings is 1. The van der Waals surface area contributed by atoms with Gasteiger partial charge < -0.3 is 10.3 Å². The van der Waals surface area contributed by atoms with Crippen molar-refractivity contribution in [3.05, 3.63) is 42.0 Å². The molecule has 17 heavy (non-hydrogen) atoms. The second-order valence-electron chi connectivity index (χ2n) is 4.41. The molecule has 0 aliphatic carbocycles. The van der Waals surface area contributed by atoms with Crippen LogP contribution in [0.15, 0.2) is 30.5 Å². The summed E-state index contributed by atoms with van der Waals surface area (Å²) in [4.78, 5) is 4.41. The molecule has 2 N–H and O–H groups in total. The summed E-state index contributed by atoms with van der Waals surface area (Å²) in [5, 5.41) is 0. The average molecular weight is 231 g/mol. The Bertz CT molecular complexity index is 530. The molecule has 0 amide bonds. The molecule has 3 rings (SSSR count). The molecule has 0 bridgehead atoms. The van der Waals surface area contributed by atoms with E-state index in [9.17, 15) is 4.39 Å². The molecule has 0 radical (unpaired) electrons. The van der Waals surface area contributed by atoms with Crippen molar-refractivity contribution in [2.24, 2.45) is 5.73 Å². The summed E-state index contributed by atoms with van der Waals surface area (Å²) in [6, 6.07) is 6.38. The van der Waals surface area contributed by atoms with Gasteiger partial charge in [0.1, 0.15) is 11.6 Å². The topological polar surface area (TPSA) is 43.8 Å². The maximum absolute atomic E-state index is 12.9. The molecule has 2 heterocycles. The molecular weight excluding hydrogens is 217 g/mol. The smallest absolute Gasteiger partial charge is 0.141 e. The number of rotatable bonds is 1.